The zero-order valence-corrected chi connectivity index (χ0v) is 23.1. The van der Waals surface area contributed by atoms with Gasteiger partial charge in [0.1, 0.15) is 12.6 Å². The normalized spacial score (nSPS) is 22.6. The van der Waals surface area contributed by atoms with E-state index in [1.165, 1.54) is 23.1 Å². The molecule has 1 saturated heterocycles. The first-order valence-electron chi connectivity index (χ1n) is 13.6. The largest absolute Gasteiger partial charge is 0.379 e. The molecule has 37 heavy (non-hydrogen) atoms. The van der Waals surface area contributed by atoms with Gasteiger partial charge in [-0.05, 0) is 68.8 Å². The lowest BCUT2D eigenvalue weighted by atomic mass is 9.89. The molecule has 0 spiro atoms. The lowest BCUT2D eigenvalue weighted by molar-refractivity contribution is -0.0331. The van der Waals surface area contributed by atoms with E-state index < -0.39 is 6.23 Å². The summed E-state index contributed by atoms with van der Waals surface area (Å²) < 4.78 is 8.62. The van der Waals surface area contributed by atoms with Gasteiger partial charge >= 0.3 is 0 Å². The van der Waals surface area contributed by atoms with Gasteiger partial charge in [0.2, 0.25) is 0 Å². The Morgan fingerprint density at radius 2 is 1.92 bits per heavy atom. The molecule has 1 saturated carbocycles. The molecule has 5 heterocycles. The number of nitrogens with one attached hydrogen (secondary N) is 1. The molecule has 2 N–H and O–H groups in total. The summed E-state index contributed by atoms with van der Waals surface area (Å²) in [5, 5.41) is 15.8. The molecule has 4 aromatic heterocycles. The minimum absolute atomic E-state index is 0.340. The predicted molar refractivity (Wildman–Crippen MR) is 148 cm³/mol. The van der Waals surface area contributed by atoms with Gasteiger partial charge in [-0.3, -0.25) is 9.80 Å². The third-order valence-corrected chi connectivity index (χ3v) is 9.60. The third kappa shape index (κ3) is 4.61. The van der Waals surface area contributed by atoms with Crippen molar-refractivity contribution in [1.82, 2.24) is 29.4 Å². The molecule has 0 radical (unpaired) electrons. The molecule has 2 fully saturated rings. The van der Waals surface area contributed by atoms with E-state index in [4.69, 9.17) is 4.74 Å². The second kappa shape index (κ2) is 10.1. The van der Waals surface area contributed by atoms with E-state index in [0.717, 1.165) is 72.0 Å². The first kappa shape index (κ1) is 25.0. The Kier molecular flexibility index (Phi) is 6.83. The minimum Gasteiger partial charge on any atom is -0.379 e. The SMILES string of the molecule is Cc1cc(-c2[nH]c3cc(C(O)N(C)C4CCC(N5CCOCC5)CC4)sc3c2C(C)C)cn2ncnc12. The van der Waals surface area contributed by atoms with E-state index in [0.29, 0.717) is 18.0 Å². The molecule has 1 unspecified atom stereocenters. The van der Waals surface area contributed by atoms with Crippen molar-refractivity contribution in [2.24, 2.45) is 0 Å². The van der Waals surface area contributed by atoms with E-state index in [-0.39, 0.29) is 0 Å². The van der Waals surface area contributed by atoms with Gasteiger partial charge in [0, 0.05) is 36.9 Å². The molecule has 1 aliphatic carbocycles. The predicted octanol–water partition coefficient (Wildman–Crippen LogP) is 4.94. The number of H-pyrrole nitrogens is 1. The van der Waals surface area contributed by atoms with Crippen molar-refractivity contribution in [3.8, 4) is 11.3 Å². The zero-order valence-electron chi connectivity index (χ0n) is 22.3. The van der Waals surface area contributed by atoms with Gasteiger partial charge in [0.05, 0.1) is 34.0 Å². The second-order valence-electron chi connectivity index (χ2n) is 11.0. The average molecular weight is 523 g/mol. The Hall–Kier alpha value is -2.30. The lowest BCUT2D eigenvalue weighted by Crippen LogP contribution is -2.47. The number of morpholine rings is 1. The lowest BCUT2D eigenvalue weighted by Gasteiger charge is -2.41. The van der Waals surface area contributed by atoms with Gasteiger partial charge in [-0.25, -0.2) is 9.50 Å². The van der Waals surface area contributed by atoms with Gasteiger partial charge < -0.3 is 14.8 Å². The summed E-state index contributed by atoms with van der Waals surface area (Å²) in [5.74, 6) is 0.340. The first-order chi connectivity index (χ1) is 17.9. The topological polar surface area (TPSA) is 81.9 Å². The summed E-state index contributed by atoms with van der Waals surface area (Å²) in [6, 6.07) is 5.40. The van der Waals surface area contributed by atoms with E-state index in [2.05, 4.69) is 64.8 Å². The van der Waals surface area contributed by atoms with E-state index in [9.17, 15) is 5.11 Å². The average Bonchev–Trinajstić information content (AvgIpc) is 3.63. The Morgan fingerprint density at radius 3 is 2.65 bits per heavy atom. The molecule has 2 aliphatic rings. The Morgan fingerprint density at radius 1 is 1.16 bits per heavy atom. The third-order valence-electron chi connectivity index (χ3n) is 8.39. The van der Waals surface area contributed by atoms with Crippen molar-refractivity contribution in [3.63, 3.8) is 0 Å². The highest BCUT2D eigenvalue weighted by Crippen LogP contribution is 2.42. The highest BCUT2D eigenvalue weighted by molar-refractivity contribution is 7.19. The van der Waals surface area contributed by atoms with E-state index in [1.54, 1.807) is 17.7 Å². The van der Waals surface area contributed by atoms with Crippen LogP contribution in [-0.4, -0.2) is 79.9 Å². The number of hydrogen-bond donors (Lipinski definition) is 2. The van der Waals surface area contributed by atoms with Crippen LogP contribution in [-0.2, 0) is 4.74 Å². The minimum atomic E-state index is -0.590. The number of aromatic amines is 1. The Bertz CT molecular complexity index is 1380. The maximum atomic E-state index is 11.4. The van der Waals surface area contributed by atoms with Gasteiger partial charge in [0.25, 0.3) is 0 Å². The fraction of sp³-hybridized carbons (Fsp3) is 0.571. The van der Waals surface area contributed by atoms with Crippen LogP contribution in [0.3, 0.4) is 0 Å². The van der Waals surface area contributed by atoms with Gasteiger partial charge in [-0.15, -0.1) is 11.3 Å². The zero-order chi connectivity index (χ0) is 25.7. The molecule has 6 rings (SSSR count). The smallest absolute Gasteiger partial charge is 0.158 e. The second-order valence-corrected chi connectivity index (χ2v) is 12.1. The molecule has 8 nitrogen and oxygen atoms in total. The maximum absolute atomic E-state index is 11.4. The monoisotopic (exact) mass is 522 g/mol. The van der Waals surface area contributed by atoms with Crippen LogP contribution in [0.1, 0.15) is 67.7 Å². The van der Waals surface area contributed by atoms with Crippen molar-refractivity contribution in [1.29, 1.82) is 0 Å². The molecule has 1 atom stereocenters. The number of hydrogen-bond acceptors (Lipinski definition) is 7. The van der Waals surface area contributed by atoms with Crippen molar-refractivity contribution in [2.75, 3.05) is 33.4 Å². The molecule has 9 heteroatoms. The van der Waals surface area contributed by atoms with Crippen LogP contribution in [0, 0.1) is 6.92 Å². The molecule has 0 aromatic carbocycles. The Labute approximate surface area is 222 Å². The summed E-state index contributed by atoms with van der Waals surface area (Å²) in [4.78, 5) is 13.9. The van der Waals surface area contributed by atoms with Crippen LogP contribution < -0.4 is 0 Å². The number of aliphatic hydroxyl groups excluding tert-OH is 1. The fourth-order valence-electron chi connectivity index (χ4n) is 6.33. The van der Waals surface area contributed by atoms with E-state index in [1.807, 2.05) is 10.7 Å². The van der Waals surface area contributed by atoms with E-state index >= 15 is 0 Å². The quantitative estimate of drug-likeness (QED) is 0.349. The number of nitrogens with zero attached hydrogens (tertiary/aromatic N) is 5. The number of pyridine rings is 1. The number of ether oxygens (including phenoxy) is 1. The molecule has 198 valence electrons. The number of thiophene rings is 1. The van der Waals surface area contributed by atoms with Crippen LogP contribution in [0.4, 0.5) is 0 Å². The van der Waals surface area contributed by atoms with Crippen molar-refractivity contribution >= 4 is 27.2 Å². The van der Waals surface area contributed by atoms with Crippen LogP contribution in [0.25, 0.3) is 27.1 Å². The van der Waals surface area contributed by atoms with Crippen molar-refractivity contribution < 1.29 is 9.84 Å². The van der Waals surface area contributed by atoms with Crippen LogP contribution >= 0.6 is 11.3 Å². The summed E-state index contributed by atoms with van der Waals surface area (Å²) in [5.41, 5.74) is 6.62. The van der Waals surface area contributed by atoms with Gasteiger partial charge in [-0.2, -0.15) is 5.10 Å². The molecule has 0 amide bonds. The molecular formula is C28H38N6O2S. The van der Waals surface area contributed by atoms with Gasteiger partial charge in [-0.1, -0.05) is 13.8 Å². The summed E-state index contributed by atoms with van der Waals surface area (Å²) in [6.45, 7) is 10.4. The number of rotatable bonds is 6. The molecule has 0 bridgehead atoms. The van der Waals surface area contributed by atoms with Crippen molar-refractivity contribution in [2.45, 2.75) is 70.7 Å². The highest BCUT2D eigenvalue weighted by Gasteiger charge is 2.32. The van der Waals surface area contributed by atoms with Crippen LogP contribution in [0.15, 0.2) is 24.7 Å². The number of fused-ring (bicyclic) bond motifs is 2. The Balaban J connectivity index is 1.22. The van der Waals surface area contributed by atoms with Crippen molar-refractivity contribution in [3.05, 3.63) is 40.7 Å². The van der Waals surface area contributed by atoms with Gasteiger partial charge in [0.15, 0.2) is 5.65 Å². The summed E-state index contributed by atoms with van der Waals surface area (Å²) in [6.07, 6.45) is 7.71. The first-order valence-corrected chi connectivity index (χ1v) is 14.4. The summed E-state index contributed by atoms with van der Waals surface area (Å²) in [7, 11) is 2.09. The number of aromatic nitrogens is 4. The standard InChI is InChI=1S/C28H38N6O2S/c1-17(2)24-25(19-13-18(3)27-29-16-30-34(27)15-19)31-22-14-23(37-26(22)24)28(35)32(4)20-5-7-21(8-6-20)33-9-11-36-12-10-33/h13-17,20-21,28,31,35H,5-12H2,1-4H3. The van der Waals surface area contributed by atoms with Crippen LogP contribution in [0.5, 0.6) is 0 Å². The molecule has 1 aliphatic heterocycles. The number of aryl methyl sites for hydroxylation is 1. The fourth-order valence-corrected chi connectivity index (χ4v) is 7.68. The molecular weight excluding hydrogens is 484 g/mol. The molecule has 4 aromatic rings. The summed E-state index contributed by atoms with van der Waals surface area (Å²) >= 11 is 1.72. The van der Waals surface area contributed by atoms with Crippen LogP contribution in [0.2, 0.25) is 0 Å². The highest BCUT2D eigenvalue weighted by atomic mass is 32.1. The number of aliphatic hydroxyl groups is 1. The maximum Gasteiger partial charge on any atom is 0.158 e.